The van der Waals surface area contributed by atoms with Gasteiger partial charge in [-0.1, -0.05) is 26.0 Å². The molecule has 0 amide bonds. The third-order valence-corrected chi connectivity index (χ3v) is 5.84. The van der Waals surface area contributed by atoms with Gasteiger partial charge in [0.2, 0.25) is 0 Å². The van der Waals surface area contributed by atoms with Crippen LogP contribution in [0.5, 0.6) is 0 Å². The summed E-state index contributed by atoms with van der Waals surface area (Å²) in [6.45, 7) is 5.82. The molecule has 0 bridgehead atoms. The lowest BCUT2D eigenvalue weighted by atomic mass is 10.0. The number of aromatic nitrogens is 3. The molecule has 14 heteroatoms. The average molecular weight is 565 g/mol. The zero-order valence-corrected chi connectivity index (χ0v) is 21.2. The molecule has 7 nitrogen and oxygen atoms in total. The van der Waals surface area contributed by atoms with E-state index in [2.05, 4.69) is 15.2 Å². The summed E-state index contributed by atoms with van der Waals surface area (Å²) in [5.74, 6) is -0.239. The summed E-state index contributed by atoms with van der Waals surface area (Å²) in [7, 11) is 0. The lowest BCUT2D eigenvalue weighted by Gasteiger charge is -2.41. The SMILES string of the molecule is CC.CC(OC1OCCN(Cc2n[nH]c(=O)[nH]2)C1c1ccc(F)cc1)c1cc(C(F)(F)F)cc(C(F)(F)F)c1. The normalized spacial score (nSPS) is 19.3. The standard InChI is InChI=1S/C23H21F7N4O3.C2H6/c1-12(14-8-15(22(25,26)27)10-16(9-14)23(28,29)30)37-20-19(13-2-4-17(24)5-3-13)34(6-7-36-20)11-18-31-21(35)33-32-18;1-2/h2-5,8-10,12,19-20H,6-7,11H2,1H3,(H2,31,32,33,35);1-2H3. The van der Waals surface area contributed by atoms with Gasteiger partial charge in [-0.15, -0.1) is 0 Å². The predicted molar refractivity (Wildman–Crippen MR) is 126 cm³/mol. The van der Waals surface area contributed by atoms with Crippen molar-refractivity contribution in [1.82, 2.24) is 20.1 Å². The van der Waals surface area contributed by atoms with Crippen LogP contribution in [0, 0.1) is 5.82 Å². The van der Waals surface area contributed by atoms with Crippen LogP contribution in [0.25, 0.3) is 0 Å². The topological polar surface area (TPSA) is 83.2 Å². The number of hydrogen-bond acceptors (Lipinski definition) is 5. The van der Waals surface area contributed by atoms with Gasteiger partial charge in [0.25, 0.3) is 0 Å². The lowest BCUT2D eigenvalue weighted by Crippen LogP contribution is -2.46. The van der Waals surface area contributed by atoms with Crippen LogP contribution in [0.4, 0.5) is 30.7 Å². The molecule has 3 aromatic rings. The molecule has 0 saturated carbocycles. The first-order chi connectivity index (χ1) is 18.3. The minimum Gasteiger partial charge on any atom is -0.349 e. The fourth-order valence-corrected chi connectivity index (χ4v) is 4.07. The molecule has 1 aromatic heterocycles. The fraction of sp³-hybridized carbons (Fsp3) is 0.440. The van der Waals surface area contributed by atoms with Gasteiger partial charge >= 0.3 is 18.0 Å². The van der Waals surface area contributed by atoms with E-state index in [4.69, 9.17) is 9.47 Å². The first-order valence-electron chi connectivity index (χ1n) is 12.0. The number of H-pyrrole nitrogens is 2. The van der Waals surface area contributed by atoms with Gasteiger partial charge in [0.05, 0.1) is 36.4 Å². The summed E-state index contributed by atoms with van der Waals surface area (Å²) in [6, 6.07) is 5.79. The van der Waals surface area contributed by atoms with Gasteiger partial charge in [-0.05, 0) is 48.4 Å². The van der Waals surface area contributed by atoms with Crippen molar-refractivity contribution in [2.75, 3.05) is 13.2 Å². The highest BCUT2D eigenvalue weighted by molar-refractivity contribution is 5.34. The molecule has 1 fully saturated rings. The van der Waals surface area contributed by atoms with Crippen molar-refractivity contribution in [1.29, 1.82) is 0 Å². The predicted octanol–water partition coefficient (Wildman–Crippen LogP) is 5.98. The van der Waals surface area contributed by atoms with E-state index >= 15 is 0 Å². The molecule has 4 rings (SSSR count). The highest BCUT2D eigenvalue weighted by atomic mass is 19.4. The van der Waals surface area contributed by atoms with Crippen LogP contribution in [0.1, 0.15) is 61.0 Å². The molecule has 1 saturated heterocycles. The third kappa shape index (κ3) is 7.67. The molecule has 0 aliphatic carbocycles. The van der Waals surface area contributed by atoms with Crippen molar-refractivity contribution in [3.05, 3.63) is 86.8 Å². The molecule has 2 aromatic carbocycles. The monoisotopic (exact) mass is 564 g/mol. The Hall–Kier alpha value is -3.23. The molecule has 2 heterocycles. The minimum absolute atomic E-state index is 0.0427. The molecule has 2 N–H and O–H groups in total. The van der Waals surface area contributed by atoms with Gasteiger partial charge in [-0.25, -0.2) is 14.3 Å². The molecule has 214 valence electrons. The van der Waals surface area contributed by atoms with Crippen molar-refractivity contribution < 1.29 is 40.2 Å². The Morgan fingerprint density at radius 3 is 2.15 bits per heavy atom. The number of alkyl halides is 6. The number of nitrogens with zero attached hydrogens (tertiary/aromatic N) is 2. The summed E-state index contributed by atoms with van der Waals surface area (Å²) in [5, 5.41) is 6.10. The van der Waals surface area contributed by atoms with Crippen LogP contribution in [-0.2, 0) is 28.4 Å². The van der Waals surface area contributed by atoms with E-state index in [0.29, 0.717) is 24.2 Å². The Kier molecular flexibility index (Phi) is 9.56. The zero-order chi connectivity index (χ0) is 29.0. The van der Waals surface area contributed by atoms with Gasteiger partial charge in [-0.2, -0.15) is 31.4 Å². The van der Waals surface area contributed by atoms with Crippen molar-refractivity contribution in [3.8, 4) is 0 Å². The van der Waals surface area contributed by atoms with Crippen LogP contribution in [0.2, 0.25) is 0 Å². The molecule has 1 aliphatic heterocycles. The average Bonchev–Trinajstić information content (AvgIpc) is 3.29. The van der Waals surface area contributed by atoms with Crippen molar-refractivity contribution in [3.63, 3.8) is 0 Å². The number of ether oxygens (including phenoxy) is 2. The Balaban J connectivity index is 0.00000205. The Morgan fingerprint density at radius 1 is 1.05 bits per heavy atom. The molecule has 3 unspecified atom stereocenters. The maximum absolute atomic E-state index is 13.6. The summed E-state index contributed by atoms with van der Waals surface area (Å²) < 4.78 is 105. The van der Waals surface area contributed by atoms with Crippen LogP contribution in [-0.4, -0.2) is 39.5 Å². The van der Waals surface area contributed by atoms with Crippen LogP contribution < -0.4 is 5.69 Å². The summed E-state index contributed by atoms with van der Waals surface area (Å²) >= 11 is 0. The summed E-state index contributed by atoms with van der Waals surface area (Å²) in [4.78, 5) is 15.7. The highest BCUT2D eigenvalue weighted by Crippen LogP contribution is 2.39. The van der Waals surface area contributed by atoms with E-state index in [1.807, 2.05) is 13.8 Å². The molecule has 0 spiro atoms. The second-order valence-corrected chi connectivity index (χ2v) is 8.45. The van der Waals surface area contributed by atoms with Crippen LogP contribution >= 0.6 is 0 Å². The zero-order valence-electron chi connectivity index (χ0n) is 21.2. The molecule has 1 aliphatic rings. The molecule has 39 heavy (non-hydrogen) atoms. The molecular formula is C25H27F7N4O3. The Labute approximate surface area is 218 Å². The van der Waals surface area contributed by atoms with Gasteiger partial charge in [-0.3, -0.25) is 9.88 Å². The third-order valence-electron chi connectivity index (χ3n) is 5.84. The fourth-order valence-electron chi connectivity index (χ4n) is 4.07. The minimum atomic E-state index is -5.01. The first-order valence-corrected chi connectivity index (χ1v) is 12.0. The molecular weight excluding hydrogens is 537 g/mol. The number of halogens is 7. The highest BCUT2D eigenvalue weighted by Gasteiger charge is 2.39. The van der Waals surface area contributed by atoms with Gasteiger partial charge in [0, 0.05) is 6.54 Å². The maximum atomic E-state index is 13.6. The largest absolute Gasteiger partial charge is 0.416 e. The summed E-state index contributed by atoms with van der Waals surface area (Å²) in [5.41, 5.74) is -3.30. The van der Waals surface area contributed by atoms with Gasteiger partial charge in [0.15, 0.2) is 6.29 Å². The quantitative estimate of drug-likeness (QED) is 0.360. The van der Waals surface area contributed by atoms with E-state index in [1.165, 1.54) is 31.2 Å². The van der Waals surface area contributed by atoms with E-state index in [9.17, 15) is 35.5 Å². The Bertz CT molecular complexity index is 1240. The van der Waals surface area contributed by atoms with E-state index in [-0.39, 0.29) is 30.6 Å². The number of morpholine rings is 1. The molecule has 0 radical (unpaired) electrons. The van der Waals surface area contributed by atoms with Crippen molar-refractivity contribution in [2.45, 2.75) is 58.1 Å². The summed E-state index contributed by atoms with van der Waals surface area (Å²) in [6.07, 6.45) is -12.4. The van der Waals surface area contributed by atoms with Gasteiger partial charge < -0.3 is 9.47 Å². The van der Waals surface area contributed by atoms with Crippen molar-refractivity contribution >= 4 is 0 Å². The van der Waals surface area contributed by atoms with Gasteiger partial charge in [0.1, 0.15) is 11.6 Å². The number of nitrogens with one attached hydrogen (secondary N) is 2. The smallest absolute Gasteiger partial charge is 0.349 e. The number of benzene rings is 2. The van der Waals surface area contributed by atoms with Crippen LogP contribution in [0.3, 0.4) is 0 Å². The number of rotatable bonds is 6. The molecule has 3 atom stereocenters. The van der Waals surface area contributed by atoms with E-state index in [0.717, 1.165) is 0 Å². The number of aromatic amines is 2. The maximum Gasteiger partial charge on any atom is 0.416 e. The van der Waals surface area contributed by atoms with E-state index < -0.39 is 53.4 Å². The number of hydrogen-bond donors (Lipinski definition) is 2. The van der Waals surface area contributed by atoms with Crippen LogP contribution in [0.15, 0.2) is 47.3 Å². The van der Waals surface area contributed by atoms with Crippen molar-refractivity contribution in [2.24, 2.45) is 0 Å². The van der Waals surface area contributed by atoms with E-state index in [1.54, 1.807) is 4.90 Å². The lowest BCUT2D eigenvalue weighted by molar-refractivity contribution is -0.231. The second kappa shape index (κ2) is 12.3. The first kappa shape index (κ1) is 30.3. The Morgan fingerprint density at radius 2 is 1.64 bits per heavy atom. The second-order valence-electron chi connectivity index (χ2n) is 8.45.